The molecule has 0 saturated carbocycles. The number of nitrogens with zero attached hydrogens (tertiary/aromatic N) is 3. The van der Waals surface area contributed by atoms with Crippen molar-refractivity contribution in [3.05, 3.63) is 48.2 Å². The van der Waals surface area contributed by atoms with Crippen molar-refractivity contribution in [2.75, 3.05) is 17.2 Å². The Morgan fingerprint density at radius 3 is 2.52 bits per heavy atom. The molecule has 0 aliphatic carbocycles. The van der Waals surface area contributed by atoms with Gasteiger partial charge in [0.05, 0.1) is 5.69 Å². The highest BCUT2D eigenvalue weighted by atomic mass is 16.5. The van der Waals surface area contributed by atoms with Crippen LogP contribution in [-0.2, 0) is 0 Å². The van der Waals surface area contributed by atoms with Gasteiger partial charge in [-0.15, -0.1) is 0 Å². The Bertz CT molecular complexity index is 814. The fourth-order valence-corrected chi connectivity index (χ4v) is 2.38. The lowest BCUT2D eigenvalue weighted by molar-refractivity contribution is 0.400. The smallest absolute Gasteiger partial charge is 0.225 e. The number of anilines is 3. The summed E-state index contributed by atoms with van der Waals surface area (Å²) in [7, 11) is 0. The molecular weight excluding hydrogens is 314 g/mol. The molecule has 6 heteroatoms. The minimum Gasteiger partial charge on any atom is -0.360 e. The zero-order valence-corrected chi connectivity index (χ0v) is 14.8. The van der Waals surface area contributed by atoms with Gasteiger partial charge >= 0.3 is 0 Å². The van der Waals surface area contributed by atoms with Crippen LogP contribution < -0.4 is 10.6 Å². The van der Waals surface area contributed by atoms with Crippen LogP contribution in [0.1, 0.15) is 26.0 Å². The van der Waals surface area contributed by atoms with Crippen LogP contribution in [0.2, 0.25) is 0 Å². The zero-order valence-electron chi connectivity index (χ0n) is 14.8. The maximum atomic E-state index is 5.10. The van der Waals surface area contributed by atoms with Crippen LogP contribution in [0.3, 0.4) is 0 Å². The van der Waals surface area contributed by atoms with Gasteiger partial charge in [-0.2, -0.15) is 4.98 Å². The lowest BCUT2D eigenvalue weighted by atomic mass is 10.1. The fraction of sp³-hybridized carbons (Fsp3) is 0.316. The molecule has 2 heterocycles. The highest BCUT2D eigenvalue weighted by molar-refractivity contribution is 5.66. The molecule has 130 valence electrons. The summed E-state index contributed by atoms with van der Waals surface area (Å²) in [5.41, 5.74) is 1.89. The van der Waals surface area contributed by atoms with Crippen LogP contribution in [0, 0.1) is 12.8 Å². The van der Waals surface area contributed by atoms with Gasteiger partial charge < -0.3 is 15.2 Å². The molecule has 0 bridgehead atoms. The number of aryl methyl sites for hydroxylation is 1. The largest absolute Gasteiger partial charge is 0.360 e. The van der Waals surface area contributed by atoms with E-state index in [-0.39, 0.29) is 0 Å². The molecule has 0 fully saturated rings. The predicted octanol–water partition coefficient (Wildman–Crippen LogP) is 4.64. The average molecular weight is 337 g/mol. The van der Waals surface area contributed by atoms with Crippen LogP contribution in [0.15, 0.2) is 47.0 Å². The molecule has 3 aromatic rings. The van der Waals surface area contributed by atoms with Crippen LogP contribution >= 0.6 is 0 Å². The second-order valence-corrected chi connectivity index (χ2v) is 6.39. The van der Waals surface area contributed by atoms with Gasteiger partial charge in [0.15, 0.2) is 5.82 Å². The van der Waals surface area contributed by atoms with E-state index in [4.69, 9.17) is 4.52 Å². The molecule has 0 aliphatic rings. The second-order valence-electron chi connectivity index (χ2n) is 6.39. The minimum atomic E-state index is 0.602. The Hall–Kier alpha value is -2.89. The standard InChI is InChI=1S/C19H23N5O/c1-13(2)9-10-20-19-21-16(15-7-5-4-6-8-15)12-17(23-19)22-18-11-14(3)25-24-18/h4-8,11-13H,9-10H2,1-3H3,(H2,20,21,22,23,24). The van der Waals surface area contributed by atoms with Crippen molar-refractivity contribution >= 4 is 17.6 Å². The maximum absolute atomic E-state index is 5.10. The summed E-state index contributed by atoms with van der Waals surface area (Å²) in [4.78, 5) is 9.19. The molecule has 0 unspecified atom stereocenters. The van der Waals surface area contributed by atoms with Crippen LogP contribution in [0.4, 0.5) is 17.6 Å². The summed E-state index contributed by atoms with van der Waals surface area (Å²) >= 11 is 0. The molecule has 25 heavy (non-hydrogen) atoms. The first-order valence-electron chi connectivity index (χ1n) is 8.49. The van der Waals surface area contributed by atoms with E-state index in [1.807, 2.05) is 49.4 Å². The maximum Gasteiger partial charge on any atom is 0.225 e. The van der Waals surface area contributed by atoms with E-state index in [1.165, 1.54) is 0 Å². The Labute approximate surface area is 147 Å². The minimum absolute atomic E-state index is 0.602. The zero-order chi connectivity index (χ0) is 17.6. The molecule has 0 radical (unpaired) electrons. The molecule has 6 nitrogen and oxygen atoms in total. The molecular formula is C19H23N5O. The van der Waals surface area contributed by atoms with E-state index in [9.17, 15) is 0 Å². The van der Waals surface area contributed by atoms with Crippen LogP contribution in [0.25, 0.3) is 11.3 Å². The van der Waals surface area contributed by atoms with Gasteiger partial charge in [0.2, 0.25) is 5.95 Å². The average Bonchev–Trinajstić information content (AvgIpc) is 3.00. The Morgan fingerprint density at radius 2 is 1.84 bits per heavy atom. The molecule has 0 saturated heterocycles. The van der Waals surface area contributed by atoms with Crippen molar-refractivity contribution in [3.8, 4) is 11.3 Å². The van der Waals surface area contributed by atoms with Crippen molar-refractivity contribution in [1.82, 2.24) is 15.1 Å². The molecule has 1 aromatic carbocycles. The van der Waals surface area contributed by atoms with Crippen LogP contribution in [0.5, 0.6) is 0 Å². The number of hydrogen-bond acceptors (Lipinski definition) is 6. The molecule has 2 aromatic heterocycles. The summed E-state index contributed by atoms with van der Waals surface area (Å²) in [6.45, 7) is 7.08. The number of rotatable bonds is 7. The first-order valence-corrected chi connectivity index (χ1v) is 8.49. The van der Waals surface area contributed by atoms with E-state index in [1.54, 1.807) is 0 Å². The third-order valence-corrected chi connectivity index (χ3v) is 3.68. The monoisotopic (exact) mass is 337 g/mol. The predicted molar refractivity (Wildman–Crippen MR) is 99.9 cm³/mol. The Balaban J connectivity index is 1.87. The van der Waals surface area contributed by atoms with E-state index >= 15 is 0 Å². The topological polar surface area (TPSA) is 75.9 Å². The first-order chi connectivity index (χ1) is 12.1. The van der Waals surface area contributed by atoms with Gasteiger partial charge in [-0.05, 0) is 19.3 Å². The summed E-state index contributed by atoms with van der Waals surface area (Å²) < 4.78 is 5.10. The Kier molecular flexibility index (Phi) is 5.28. The number of benzene rings is 1. The summed E-state index contributed by atoms with van der Waals surface area (Å²) in [5.74, 6) is 3.28. The molecule has 2 N–H and O–H groups in total. The number of aromatic nitrogens is 3. The third-order valence-electron chi connectivity index (χ3n) is 3.68. The van der Waals surface area contributed by atoms with E-state index in [2.05, 4.69) is 39.6 Å². The number of nitrogens with one attached hydrogen (secondary N) is 2. The van der Waals surface area contributed by atoms with Crippen molar-refractivity contribution in [1.29, 1.82) is 0 Å². The normalized spacial score (nSPS) is 10.9. The molecule has 0 spiro atoms. The van der Waals surface area contributed by atoms with Crippen molar-refractivity contribution in [3.63, 3.8) is 0 Å². The van der Waals surface area contributed by atoms with E-state index in [0.717, 1.165) is 30.0 Å². The van der Waals surface area contributed by atoms with E-state index < -0.39 is 0 Å². The molecule has 0 atom stereocenters. The molecule has 0 aliphatic heterocycles. The SMILES string of the molecule is Cc1cc(Nc2cc(-c3ccccc3)nc(NCCC(C)C)n2)no1. The van der Waals surface area contributed by atoms with Crippen molar-refractivity contribution < 1.29 is 4.52 Å². The van der Waals surface area contributed by atoms with Crippen molar-refractivity contribution in [2.45, 2.75) is 27.2 Å². The fourth-order valence-electron chi connectivity index (χ4n) is 2.38. The van der Waals surface area contributed by atoms with Gasteiger partial charge in [0.25, 0.3) is 0 Å². The first kappa shape index (κ1) is 17.0. The quantitative estimate of drug-likeness (QED) is 0.654. The Morgan fingerprint density at radius 1 is 1.04 bits per heavy atom. The van der Waals surface area contributed by atoms with Gasteiger partial charge in [0.1, 0.15) is 11.6 Å². The summed E-state index contributed by atoms with van der Waals surface area (Å²) in [6.07, 6.45) is 1.06. The molecule has 3 rings (SSSR count). The van der Waals surface area contributed by atoms with Crippen molar-refractivity contribution in [2.24, 2.45) is 5.92 Å². The summed E-state index contributed by atoms with van der Waals surface area (Å²) in [5, 5.41) is 10.5. The number of hydrogen-bond donors (Lipinski definition) is 2. The van der Waals surface area contributed by atoms with E-state index in [0.29, 0.717) is 23.5 Å². The van der Waals surface area contributed by atoms with Gasteiger partial charge in [-0.3, -0.25) is 0 Å². The lowest BCUT2D eigenvalue weighted by Gasteiger charge is -2.11. The highest BCUT2D eigenvalue weighted by Crippen LogP contribution is 2.23. The van der Waals surface area contributed by atoms with Gasteiger partial charge in [0, 0.05) is 24.2 Å². The summed E-state index contributed by atoms with van der Waals surface area (Å²) in [6, 6.07) is 13.8. The second kappa shape index (κ2) is 7.79. The van der Waals surface area contributed by atoms with Gasteiger partial charge in [-0.25, -0.2) is 4.98 Å². The third kappa shape index (κ3) is 4.79. The highest BCUT2D eigenvalue weighted by Gasteiger charge is 2.09. The van der Waals surface area contributed by atoms with Crippen LogP contribution in [-0.4, -0.2) is 21.7 Å². The van der Waals surface area contributed by atoms with Gasteiger partial charge in [-0.1, -0.05) is 49.3 Å². The molecule has 0 amide bonds. The lowest BCUT2D eigenvalue weighted by Crippen LogP contribution is -2.09.